The van der Waals surface area contributed by atoms with Gasteiger partial charge >= 0.3 is 0 Å². The summed E-state index contributed by atoms with van der Waals surface area (Å²) < 4.78 is 13.0. The van der Waals surface area contributed by atoms with Crippen molar-refractivity contribution in [1.82, 2.24) is 4.90 Å². The predicted molar refractivity (Wildman–Crippen MR) is 100 cm³/mol. The molecule has 1 aliphatic rings. The number of carbonyl (C=O) groups is 1. The van der Waals surface area contributed by atoms with Crippen molar-refractivity contribution in [3.05, 3.63) is 58.3 Å². The van der Waals surface area contributed by atoms with Crippen LogP contribution in [0.5, 0.6) is 0 Å². The van der Waals surface area contributed by atoms with Crippen LogP contribution in [-0.4, -0.2) is 43.5 Å². The van der Waals surface area contributed by atoms with Crippen LogP contribution in [0.15, 0.2) is 42.5 Å². The molecular weight excluding hydrogens is 364 g/mol. The molecule has 0 radical (unpaired) electrons. The predicted octanol–water partition coefficient (Wildman–Crippen LogP) is 3.89. The van der Waals surface area contributed by atoms with Crippen molar-refractivity contribution in [2.24, 2.45) is 0 Å². The van der Waals surface area contributed by atoms with Gasteiger partial charge in [-0.1, -0.05) is 29.3 Å². The maximum atomic E-state index is 13.0. The summed E-state index contributed by atoms with van der Waals surface area (Å²) in [5.74, 6) is -0.363. The van der Waals surface area contributed by atoms with E-state index in [-0.39, 0.29) is 11.7 Å². The van der Waals surface area contributed by atoms with Crippen LogP contribution < -0.4 is 10.2 Å². The van der Waals surface area contributed by atoms with Crippen molar-refractivity contribution < 1.29 is 9.18 Å². The molecule has 0 saturated carbocycles. The molecule has 0 atom stereocenters. The summed E-state index contributed by atoms with van der Waals surface area (Å²) in [6.45, 7) is 3.38. The van der Waals surface area contributed by atoms with E-state index in [0.29, 0.717) is 22.3 Å². The number of rotatable bonds is 4. The zero-order chi connectivity index (χ0) is 17.8. The minimum atomic E-state index is -0.237. The molecule has 4 nitrogen and oxygen atoms in total. The molecule has 3 rings (SSSR count). The minimum Gasteiger partial charge on any atom is -0.369 e. The summed E-state index contributed by atoms with van der Waals surface area (Å²) >= 11 is 12.0. The van der Waals surface area contributed by atoms with E-state index in [2.05, 4.69) is 15.1 Å². The van der Waals surface area contributed by atoms with Crippen LogP contribution in [-0.2, 0) is 4.79 Å². The smallest absolute Gasteiger partial charge is 0.238 e. The topological polar surface area (TPSA) is 35.6 Å². The Kier molecular flexibility index (Phi) is 5.78. The number of nitrogens with zero attached hydrogens (tertiary/aromatic N) is 2. The van der Waals surface area contributed by atoms with Crippen LogP contribution in [0.3, 0.4) is 0 Å². The van der Waals surface area contributed by atoms with Gasteiger partial charge < -0.3 is 10.2 Å². The molecule has 1 fully saturated rings. The number of halogens is 3. The number of hydrogen-bond acceptors (Lipinski definition) is 3. The van der Waals surface area contributed by atoms with Gasteiger partial charge in [-0.3, -0.25) is 9.69 Å². The number of anilines is 2. The maximum absolute atomic E-state index is 13.0. The molecule has 0 bridgehead atoms. The second kappa shape index (κ2) is 8.04. The molecule has 0 aromatic heterocycles. The number of piperazine rings is 1. The number of hydrogen-bond donors (Lipinski definition) is 1. The van der Waals surface area contributed by atoms with Crippen LogP contribution in [0.25, 0.3) is 0 Å². The Hall–Kier alpha value is -1.82. The highest BCUT2D eigenvalue weighted by molar-refractivity contribution is 6.44. The molecule has 1 saturated heterocycles. The highest BCUT2D eigenvalue weighted by Gasteiger charge is 2.19. The number of benzene rings is 2. The van der Waals surface area contributed by atoms with Crippen LogP contribution in [0.4, 0.5) is 15.8 Å². The van der Waals surface area contributed by atoms with E-state index in [9.17, 15) is 9.18 Å². The molecule has 1 aliphatic heterocycles. The number of amides is 1. The fourth-order valence-corrected chi connectivity index (χ4v) is 3.16. The summed E-state index contributed by atoms with van der Waals surface area (Å²) in [7, 11) is 0. The van der Waals surface area contributed by atoms with E-state index in [1.807, 2.05) is 0 Å². The Morgan fingerprint density at radius 3 is 2.40 bits per heavy atom. The SMILES string of the molecule is O=C(CN1CCN(c2ccc(F)cc2)CC1)Nc1cccc(Cl)c1Cl. The lowest BCUT2D eigenvalue weighted by Crippen LogP contribution is -2.48. The van der Waals surface area contributed by atoms with Crippen LogP contribution in [0.1, 0.15) is 0 Å². The molecule has 2 aromatic rings. The lowest BCUT2D eigenvalue weighted by molar-refractivity contribution is -0.117. The highest BCUT2D eigenvalue weighted by atomic mass is 35.5. The molecule has 0 spiro atoms. The van der Waals surface area contributed by atoms with Gasteiger partial charge in [-0.15, -0.1) is 0 Å². The first-order chi connectivity index (χ1) is 12.0. The maximum Gasteiger partial charge on any atom is 0.238 e. The van der Waals surface area contributed by atoms with E-state index < -0.39 is 0 Å². The molecule has 0 unspecified atom stereocenters. The van der Waals surface area contributed by atoms with Gasteiger partial charge in [0.15, 0.2) is 0 Å². The lowest BCUT2D eigenvalue weighted by Gasteiger charge is -2.35. The Balaban J connectivity index is 1.51. The first-order valence-corrected chi connectivity index (χ1v) is 8.75. The lowest BCUT2D eigenvalue weighted by atomic mass is 10.2. The van der Waals surface area contributed by atoms with Crippen LogP contribution >= 0.6 is 23.2 Å². The monoisotopic (exact) mass is 381 g/mol. The van der Waals surface area contributed by atoms with Crippen LogP contribution in [0, 0.1) is 5.82 Å². The second-order valence-corrected chi connectivity index (χ2v) is 6.67. The zero-order valence-electron chi connectivity index (χ0n) is 13.5. The van der Waals surface area contributed by atoms with E-state index in [0.717, 1.165) is 31.9 Å². The van der Waals surface area contributed by atoms with Gasteiger partial charge in [0.2, 0.25) is 5.91 Å². The van der Waals surface area contributed by atoms with E-state index >= 15 is 0 Å². The summed E-state index contributed by atoms with van der Waals surface area (Å²) in [6, 6.07) is 11.6. The normalized spacial score (nSPS) is 15.2. The molecule has 2 aromatic carbocycles. The van der Waals surface area contributed by atoms with Gasteiger partial charge in [0, 0.05) is 31.9 Å². The number of nitrogens with one attached hydrogen (secondary N) is 1. The van der Waals surface area contributed by atoms with Gasteiger partial charge in [-0.2, -0.15) is 0 Å². The molecule has 0 aliphatic carbocycles. The van der Waals surface area contributed by atoms with Crippen molar-refractivity contribution in [3.63, 3.8) is 0 Å². The average molecular weight is 382 g/mol. The second-order valence-electron chi connectivity index (χ2n) is 5.89. The third-order valence-electron chi connectivity index (χ3n) is 4.16. The van der Waals surface area contributed by atoms with Gasteiger partial charge in [0.1, 0.15) is 5.82 Å². The fraction of sp³-hybridized carbons (Fsp3) is 0.278. The summed E-state index contributed by atoms with van der Waals surface area (Å²) in [5, 5.41) is 3.55. The molecule has 7 heteroatoms. The van der Waals surface area contributed by atoms with Gasteiger partial charge in [0.05, 0.1) is 22.3 Å². The van der Waals surface area contributed by atoms with Crippen LogP contribution in [0.2, 0.25) is 10.0 Å². The highest BCUT2D eigenvalue weighted by Crippen LogP contribution is 2.29. The van der Waals surface area contributed by atoms with Crippen molar-refractivity contribution in [2.75, 3.05) is 42.9 Å². The van der Waals surface area contributed by atoms with Crippen molar-refractivity contribution in [1.29, 1.82) is 0 Å². The molecule has 1 N–H and O–H groups in total. The standard InChI is InChI=1S/C18H18Cl2FN3O/c19-15-2-1-3-16(18(15)20)22-17(25)12-23-8-10-24(11-9-23)14-6-4-13(21)5-7-14/h1-7H,8-12H2,(H,22,25). The fourth-order valence-electron chi connectivity index (χ4n) is 2.81. The quantitative estimate of drug-likeness (QED) is 0.872. The molecular formula is C18H18Cl2FN3O. The third-order valence-corrected chi connectivity index (χ3v) is 4.98. The molecule has 132 valence electrons. The Labute approximate surface area is 156 Å². The molecule has 1 heterocycles. The van der Waals surface area contributed by atoms with Gasteiger partial charge in [-0.25, -0.2) is 4.39 Å². The molecule has 1 amide bonds. The van der Waals surface area contributed by atoms with Gasteiger partial charge in [0.25, 0.3) is 0 Å². The first-order valence-electron chi connectivity index (χ1n) is 7.99. The third kappa shape index (κ3) is 4.63. The zero-order valence-corrected chi connectivity index (χ0v) is 15.0. The van der Waals surface area contributed by atoms with Crippen molar-refractivity contribution in [3.8, 4) is 0 Å². The Morgan fingerprint density at radius 1 is 1.04 bits per heavy atom. The van der Waals surface area contributed by atoms with E-state index in [1.54, 1.807) is 30.3 Å². The van der Waals surface area contributed by atoms with Gasteiger partial charge in [-0.05, 0) is 36.4 Å². The average Bonchev–Trinajstić information content (AvgIpc) is 2.60. The first kappa shape index (κ1) is 18.0. The van der Waals surface area contributed by atoms with Crippen molar-refractivity contribution >= 4 is 40.5 Å². The largest absolute Gasteiger partial charge is 0.369 e. The van der Waals surface area contributed by atoms with Crippen molar-refractivity contribution in [2.45, 2.75) is 0 Å². The Bertz CT molecular complexity index is 746. The number of carbonyl (C=O) groups excluding carboxylic acids is 1. The minimum absolute atomic E-state index is 0.126. The Morgan fingerprint density at radius 2 is 1.72 bits per heavy atom. The summed E-state index contributed by atoms with van der Waals surface area (Å²) in [6.07, 6.45) is 0. The van der Waals surface area contributed by atoms with E-state index in [1.165, 1.54) is 12.1 Å². The summed E-state index contributed by atoms with van der Waals surface area (Å²) in [5.41, 5.74) is 1.51. The molecule has 25 heavy (non-hydrogen) atoms. The van der Waals surface area contributed by atoms with E-state index in [4.69, 9.17) is 23.2 Å². The summed E-state index contributed by atoms with van der Waals surface area (Å²) in [4.78, 5) is 16.5.